The van der Waals surface area contributed by atoms with Crippen LogP contribution in [0, 0.1) is 0 Å². The summed E-state index contributed by atoms with van der Waals surface area (Å²) in [5, 5.41) is 21.6. The van der Waals surface area contributed by atoms with Gasteiger partial charge in [0.15, 0.2) is 17.2 Å². The monoisotopic (exact) mass is 447 g/mol. The van der Waals surface area contributed by atoms with E-state index in [2.05, 4.69) is 5.32 Å². The Kier molecular flexibility index (Phi) is 6.81. The zero-order valence-corrected chi connectivity index (χ0v) is 17.4. The van der Waals surface area contributed by atoms with Gasteiger partial charge in [0.05, 0.1) is 12.0 Å². The molecule has 3 N–H and O–H groups in total. The van der Waals surface area contributed by atoms with Crippen molar-refractivity contribution in [3.05, 3.63) is 64.0 Å². The molecule has 30 heavy (non-hydrogen) atoms. The number of benzene rings is 2. The number of anilines is 1. The van der Waals surface area contributed by atoms with Crippen LogP contribution in [0.4, 0.5) is 5.69 Å². The molecule has 7 nitrogen and oxygen atoms in total. The molecule has 3 aromatic rings. The summed E-state index contributed by atoms with van der Waals surface area (Å²) in [5.41, 5.74) is 2.57. The molecule has 0 spiro atoms. The molecule has 0 radical (unpaired) electrons. The second-order valence-corrected chi connectivity index (χ2v) is 7.57. The van der Waals surface area contributed by atoms with Gasteiger partial charge in [0.1, 0.15) is 10.8 Å². The van der Waals surface area contributed by atoms with Gasteiger partial charge in [0, 0.05) is 12.2 Å². The number of aromatic carboxylic acids is 1. The lowest BCUT2D eigenvalue weighted by Crippen LogP contribution is -2.10. The molecule has 0 saturated carbocycles. The number of rotatable bonds is 9. The van der Waals surface area contributed by atoms with Gasteiger partial charge in [0.25, 0.3) is 0 Å². The predicted molar refractivity (Wildman–Crippen MR) is 115 cm³/mol. The molecule has 0 aliphatic rings. The molecule has 1 aromatic heterocycles. The van der Waals surface area contributed by atoms with Crippen molar-refractivity contribution < 1.29 is 29.3 Å². The molecule has 0 aliphatic carbocycles. The maximum absolute atomic E-state index is 11.5. The highest BCUT2D eigenvalue weighted by Gasteiger charge is 2.24. The first-order valence-corrected chi connectivity index (χ1v) is 9.96. The standard InChI is InChI=1S/C21H18ClNO6S/c1-28-15-7-5-12(6-8-15)10-23-14-4-2-3-13(9-14)19-17(22)18(29-11-16(24)25)20(30-19)21(26)27/h2-9,23H,10-11H2,1H3,(H,24,25)(H,26,27). The first kappa shape index (κ1) is 21.5. The number of aliphatic carboxylic acids is 1. The van der Waals surface area contributed by atoms with E-state index in [-0.39, 0.29) is 15.6 Å². The lowest BCUT2D eigenvalue weighted by atomic mass is 10.1. The first-order valence-electron chi connectivity index (χ1n) is 8.76. The number of carboxylic acids is 2. The molecular weight excluding hydrogens is 430 g/mol. The van der Waals surface area contributed by atoms with E-state index in [9.17, 15) is 14.7 Å². The average molecular weight is 448 g/mol. The van der Waals surface area contributed by atoms with Gasteiger partial charge in [0.2, 0.25) is 0 Å². The maximum Gasteiger partial charge on any atom is 0.349 e. The number of hydrogen-bond donors (Lipinski definition) is 3. The van der Waals surface area contributed by atoms with E-state index < -0.39 is 18.5 Å². The molecule has 0 saturated heterocycles. The molecule has 0 bridgehead atoms. The zero-order chi connectivity index (χ0) is 21.7. The number of halogens is 1. The van der Waals surface area contributed by atoms with Gasteiger partial charge in [-0.05, 0) is 35.4 Å². The van der Waals surface area contributed by atoms with Crippen LogP contribution in [0.25, 0.3) is 10.4 Å². The predicted octanol–water partition coefficient (Wildman–Crippen LogP) is 4.85. The maximum atomic E-state index is 11.5. The van der Waals surface area contributed by atoms with Crippen molar-refractivity contribution in [2.75, 3.05) is 19.0 Å². The lowest BCUT2D eigenvalue weighted by Gasteiger charge is -2.09. The molecule has 0 atom stereocenters. The van der Waals surface area contributed by atoms with Gasteiger partial charge in [-0.15, -0.1) is 11.3 Å². The molecule has 0 unspecified atom stereocenters. The molecule has 156 valence electrons. The van der Waals surface area contributed by atoms with Crippen LogP contribution in [0.15, 0.2) is 48.5 Å². The topological polar surface area (TPSA) is 105 Å². The fourth-order valence-electron chi connectivity index (χ4n) is 2.70. The minimum absolute atomic E-state index is 0.0750. The number of nitrogens with one attached hydrogen (secondary N) is 1. The van der Waals surface area contributed by atoms with E-state index in [0.717, 1.165) is 28.3 Å². The van der Waals surface area contributed by atoms with Crippen molar-refractivity contribution in [1.82, 2.24) is 0 Å². The van der Waals surface area contributed by atoms with Crippen molar-refractivity contribution in [3.8, 4) is 21.9 Å². The van der Waals surface area contributed by atoms with E-state index in [0.29, 0.717) is 17.0 Å². The third-order valence-corrected chi connectivity index (χ3v) is 5.80. The summed E-state index contributed by atoms with van der Waals surface area (Å²) in [4.78, 5) is 22.7. The Morgan fingerprint density at radius 1 is 1.13 bits per heavy atom. The van der Waals surface area contributed by atoms with Crippen LogP contribution in [0.5, 0.6) is 11.5 Å². The van der Waals surface area contributed by atoms with Gasteiger partial charge in [-0.3, -0.25) is 0 Å². The van der Waals surface area contributed by atoms with E-state index in [1.54, 1.807) is 13.2 Å². The van der Waals surface area contributed by atoms with E-state index >= 15 is 0 Å². The fourth-order valence-corrected chi connectivity index (χ4v) is 4.11. The van der Waals surface area contributed by atoms with Crippen molar-refractivity contribution in [2.45, 2.75) is 6.54 Å². The van der Waals surface area contributed by atoms with Crippen LogP contribution in [-0.4, -0.2) is 35.9 Å². The number of carbonyl (C=O) groups is 2. The Hall–Kier alpha value is -3.23. The number of ether oxygens (including phenoxy) is 2. The Morgan fingerprint density at radius 3 is 2.50 bits per heavy atom. The zero-order valence-electron chi connectivity index (χ0n) is 15.8. The van der Waals surface area contributed by atoms with Crippen LogP contribution in [0.3, 0.4) is 0 Å². The van der Waals surface area contributed by atoms with Crippen LogP contribution >= 0.6 is 22.9 Å². The summed E-state index contributed by atoms with van der Waals surface area (Å²) in [6.07, 6.45) is 0. The van der Waals surface area contributed by atoms with Crippen LogP contribution in [0.2, 0.25) is 5.02 Å². The van der Waals surface area contributed by atoms with Crippen LogP contribution in [0.1, 0.15) is 15.2 Å². The van der Waals surface area contributed by atoms with E-state index in [4.69, 9.17) is 26.2 Å². The Balaban J connectivity index is 1.83. The highest BCUT2D eigenvalue weighted by Crippen LogP contribution is 2.45. The molecule has 2 aromatic carbocycles. The van der Waals surface area contributed by atoms with Gasteiger partial charge >= 0.3 is 11.9 Å². The third kappa shape index (κ3) is 5.03. The Labute approximate surface area is 181 Å². The first-order chi connectivity index (χ1) is 14.4. The van der Waals surface area contributed by atoms with Crippen molar-refractivity contribution in [3.63, 3.8) is 0 Å². The normalized spacial score (nSPS) is 10.5. The van der Waals surface area contributed by atoms with Gasteiger partial charge in [-0.1, -0.05) is 35.9 Å². The number of thiophene rings is 1. The Morgan fingerprint density at radius 2 is 1.87 bits per heavy atom. The largest absolute Gasteiger partial charge is 0.497 e. The number of carboxylic acid groups (broad SMARTS) is 2. The summed E-state index contributed by atoms with van der Waals surface area (Å²) in [6.45, 7) is -0.0986. The van der Waals surface area contributed by atoms with Crippen molar-refractivity contribution in [1.29, 1.82) is 0 Å². The summed E-state index contributed by atoms with van der Waals surface area (Å²) < 4.78 is 10.3. The SMILES string of the molecule is COc1ccc(CNc2cccc(-c3sc(C(=O)O)c(OCC(=O)O)c3Cl)c2)cc1. The second-order valence-electron chi connectivity index (χ2n) is 6.17. The summed E-state index contributed by atoms with van der Waals surface area (Å²) in [6, 6.07) is 15.0. The third-order valence-electron chi connectivity index (χ3n) is 4.12. The highest BCUT2D eigenvalue weighted by molar-refractivity contribution is 7.18. The minimum Gasteiger partial charge on any atom is -0.497 e. The van der Waals surface area contributed by atoms with E-state index in [1.165, 1.54) is 0 Å². The number of methoxy groups -OCH3 is 1. The molecule has 9 heteroatoms. The quantitative estimate of drug-likeness (QED) is 0.430. The lowest BCUT2D eigenvalue weighted by molar-refractivity contribution is -0.139. The summed E-state index contributed by atoms with van der Waals surface area (Å²) >= 11 is 7.28. The average Bonchev–Trinajstić information content (AvgIpc) is 3.08. The molecule has 0 fully saturated rings. The summed E-state index contributed by atoms with van der Waals surface area (Å²) in [7, 11) is 1.61. The van der Waals surface area contributed by atoms with Crippen LogP contribution in [-0.2, 0) is 11.3 Å². The van der Waals surface area contributed by atoms with Crippen molar-refractivity contribution >= 4 is 40.6 Å². The molecule has 1 heterocycles. The van der Waals surface area contributed by atoms with Gasteiger partial charge in [-0.25, -0.2) is 9.59 Å². The minimum atomic E-state index is -1.23. The second kappa shape index (κ2) is 9.51. The fraction of sp³-hybridized carbons (Fsp3) is 0.143. The highest BCUT2D eigenvalue weighted by atomic mass is 35.5. The van der Waals surface area contributed by atoms with Crippen LogP contribution < -0.4 is 14.8 Å². The summed E-state index contributed by atoms with van der Waals surface area (Å²) in [5.74, 6) is -1.81. The molecule has 3 rings (SSSR count). The smallest absolute Gasteiger partial charge is 0.349 e. The number of hydrogen-bond acceptors (Lipinski definition) is 6. The Bertz CT molecular complexity index is 1060. The molecular formula is C21H18ClNO6S. The van der Waals surface area contributed by atoms with Gasteiger partial charge in [-0.2, -0.15) is 0 Å². The van der Waals surface area contributed by atoms with Crippen molar-refractivity contribution in [2.24, 2.45) is 0 Å². The molecule has 0 aliphatic heterocycles. The van der Waals surface area contributed by atoms with Gasteiger partial charge < -0.3 is 25.0 Å². The molecule has 0 amide bonds. The van der Waals surface area contributed by atoms with E-state index in [1.807, 2.05) is 42.5 Å².